The van der Waals surface area contributed by atoms with Gasteiger partial charge in [0.15, 0.2) is 0 Å². The molecule has 6 heteroatoms. The van der Waals surface area contributed by atoms with Gasteiger partial charge in [-0.15, -0.1) is 11.3 Å². The number of benzene rings is 2. The number of amides is 1. The fraction of sp³-hybridized carbons (Fsp3) is 0.136. The van der Waals surface area contributed by atoms with E-state index < -0.39 is 0 Å². The third-order valence-corrected chi connectivity index (χ3v) is 5.57. The SMILES string of the molecule is CC(NC(=O)CNc1ncnc2sc(-c3ccccc3)cc12)c1ccccc1. The average molecular weight is 388 g/mol. The molecule has 0 bridgehead atoms. The lowest BCUT2D eigenvalue weighted by Crippen LogP contribution is -2.32. The number of nitrogens with one attached hydrogen (secondary N) is 2. The first-order chi connectivity index (χ1) is 13.7. The number of carbonyl (C=O) groups is 1. The van der Waals surface area contributed by atoms with Crippen LogP contribution in [0.5, 0.6) is 0 Å². The second-order valence-electron chi connectivity index (χ2n) is 6.47. The van der Waals surface area contributed by atoms with E-state index >= 15 is 0 Å². The minimum Gasteiger partial charge on any atom is -0.360 e. The van der Waals surface area contributed by atoms with E-state index in [0.29, 0.717) is 5.82 Å². The van der Waals surface area contributed by atoms with E-state index in [4.69, 9.17) is 0 Å². The molecule has 1 atom stereocenters. The molecule has 1 unspecified atom stereocenters. The average Bonchev–Trinajstić information content (AvgIpc) is 3.18. The maximum Gasteiger partial charge on any atom is 0.239 e. The predicted molar refractivity (Wildman–Crippen MR) is 114 cm³/mol. The Bertz CT molecular complexity index is 1080. The molecule has 2 aromatic heterocycles. The van der Waals surface area contributed by atoms with Crippen molar-refractivity contribution in [3.8, 4) is 10.4 Å². The van der Waals surface area contributed by atoms with E-state index in [2.05, 4.69) is 38.8 Å². The molecule has 5 nitrogen and oxygen atoms in total. The van der Waals surface area contributed by atoms with E-state index in [9.17, 15) is 4.79 Å². The zero-order chi connectivity index (χ0) is 19.3. The van der Waals surface area contributed by atoms with E-state index in [0.717, 1.165) is 26.2 Å². The lowest BCUT2D eigenvalue weighted by atomic mass is 10.1. The topological polar surface area (TPSA) is 66.9 Å². The summed E-state index contributed by atoms with van der Waals surface area (Å²) >= 11 is 1.62. The quantitative estimate of drug-likeness (QED) is 0.505. The number of anilines is 1. The second-order valence-corrected chi connectivity index (χ2v) is 7.50. The number of rotatable bonds is 6. The molecule has 28 heavy (non-hydrogen) atoms. The van der Waals surface area contributed by atoms with Crippen LogP contribution in [0.25, 0.3) is 20.7 Å². The third kappa shape index (κ3) is 4.02. The summed E-state index contributed by atoms with van der Waals surface area (Å²) in [6.07, 6.45) is 1.53. The lowest BCUT2D eigenvalue weighted by Gasteiger charge is -2.14. The van der Waals surface area contributed by atoms with Crippen LogP contribution in [-0.4, -0.2) is 22.4 Å². The van der Waals surface area contributed by atoms with E-state index in [-0.39, 0.29) is 18.5 Å². The van der Waals surface area contributed by atoms with E-state index in [1.807, 2.05) is 55.5 Å². The van der Waals surface area contributed by atoms with Crippen molar-refractivity contribution in [2.24, 2.45) is 0 Å². The Kier molecular flexibility index (Phi) is 5.30. The predicted octanol–water partition coefficient (Wildman–Crippen LogP) is 4.65. The number of aromatic nitrogens is 2. The molecule has 4 rings (SSSR count). The Labute approximate surface area is 167 Å². The van der Waals surface area contributed by atoms with Crippen LogP contribution >= 0.6 is 11.3 Å². The molecule has 0 aliphatic heterocycles. The van der Waals surface area contributed by atoms with Gasteiger partial charge in [0.2, 0.25) is 5.91 Å². The smallest absolute Gasteiger partial charge is 0.239 e. The van der Waals surface area contributed by atoms with Crippen molar-refractivity contribution in [3.63, 3.8) is 0 Å². The maximum atomic E-state index is 12.3. The fourth-order valence-corrected chi connectivity index (χ4v) is 4.03. The van der Waals surface area contributed by atoms with Crippen LogP contribution in [0, 0.1) is 0 Å². The second kappa shape index (κ2) is 8.19. The molecule has 1 amide bonds. The number of carbonyl (C=O) groups excluding carboxylic acids is 1. The van der Waals surface area contributed by atoms with Crippen LogP contribution < -0.4 is 10.6 Å². The Morgan fingerprint density at radius 1 is 1.04 bits per heavy atom. The van der Waals surface area contributed by atoms with Gasteiger partial charge in [-0.25, -0.2) is 9.97 Å². The van der Waals surface area contributed by atoms with Gasteiger partial charge in [-0.05, 0) is 24.1 Å². The summed E-state index contributed by atoms with van der Waals surface area (Å²) in [5, 5.41) is 7.08. The van der Waals surface area contributed by atoms with Crippen LogP contribution in [0.2, 0.25) is 0 Å². The Hall–Kier alpha value is -3.25. The van der Waals surface area contributed by atoms with Crippen molar-refractivity contribution in [2.45, 2.75) is 13.0 Å². The summed E-state index contributed by atoms with van der Waals surface area (Å²) in [7, 11) is 0. The molecule has 0 saturated heterocycles. The highest BCUT2D eigenvalue weighted by Gasteiger charge is 2.12. The number of thiophene rings is 1. The van der Waals surface area contributed by atoms with Crippen molar-refractivity contribution in [1.82, 2.24) is 15.3 Å². The van der Waals surface area contributed by atoms with Crippen molar-refractivity contribution in [2.75, 3.05) is 11.9 Å². The zero-order valence-corrected chi connectivity index (χ0v) is 16.2. The fourth-order valence-electron chi connectivity index (χ4n) is 3.02. The summed E-state index contributed by atoms with van der Waals surface area (Å²) in [6, 6.07) is 22.1. The molecule has 2 heterocycles. The molecule has 0 aliphatic rings. The van der Waals surface area contributed by atoms with Crippen LogP contribution in [0.15, 0.2) is 73.1 Å². The van der Waals surface area contributed by atoms with Crippen LogP contribution in [0.1, 0.15) is 18.5 Å². The first-order valence-electron chi connectivity index (χ1n) is 9.09. The summed E-state index contributed by atoms with van der Waals surface area (Å²) in [6.45, 7) is 2.13. The summed E-state index contributed by atoms with van der Waals surface area (Å²) < 4.78 is 0. The molecule has 140 valence electrons. The number of hydrogen-bond donors (Lipinski definition) is 2. The van der Waals surface area contributed by atoms with Crippen molar-refractivity contribution in [3.05, 3.63) is 78.6 Å². The van der Waals surface area contributed by atoms with Crippen LogP contribution in [-0.2, 0) is 4.79 Å². The monoisotopic (exact) mass is 388 g/mol. The molecule has 2 aromatic carbocycles. The molecule has 0 saturated carbocycles. The standard InChI is InChI=1S/C22H20N4OS/c1-15(16-8-4-2-5-9-16)26-20(27)13-23-21-18-12-19(17-10-6-3-7-11-17)28-22(18)25-14-24-21/h2-12,14-15H,13H2,1H3,(H,26,27)(H,23,24,25). The number of nitrogens with zero attached hydrogens (tertiary/aromatic N) is 2. The Balaban J connectivity index is 1.46. The van der Waals surface area contributed by atoms with Crippen LogP contribution in [0.3, 0.4) is 0 Å². The lowest BCUT2D eigenvalue weighted by molar-refractivity contribution is -0.120. The third-order valence-electron chi connectivity index (χ3n) is 4.48. The highest BCUT2D eigenvalue weighted by Crippen LogP contribution is 2.34. The molecule has 0 spiro atoms. The largest absolute Gasteiger partial charge is 0.360 e. The highest BCUT2D eigenvalue weighted by molar-refractivity contribution is 7.21. The summed E-state index contributed by atoms with van der Waals surface area (Å²) in [4.78, 5) is 23.1. The van der Waals surface area contributed by atoms with Crippen molar-refractivity contribution < 1.29 is 4.79 Å². The van der Waals surface area contributed by atoms with Gasteiger partial charge in [-0.1, -0.05) is 60.7 Å². The van der Waals surface area contributed by atoms with E-state index in [1.54, 1.807) is 11.3 Å². The summed E-state index contributed by atoms with van der Waals surface area (Å²) in [5.74, 6) is 0.590. The first kappa shape index (κ1) is 18.1. The molecule has 4 aromatic rings. The minimum atomic E-state index is -0.0818. The zero-order valence-electron chi connectivity index (χ0n) is 15.4. The molecule has 0 aliphatic carbocycles. The van der Waals surface area contributed by atoms with Gasteiger partial charge in [-0.2, -0.15) is 0 Å². The summed E-state index contributed by atoms with van der Waals surface area (Å²) in [5.41, 5.74) is 2.22. The van der Waals surface area contributed by atoms with Gasteiger partial charge in [0.25, 0.3) is 0 Å². The molecule has 2 N–H and O–H groups in total. The van der Waals surface area contributed by atoms with Gasteiger partial charge in [0.1, 0.15) is 17.0 Å². The van der Waals surface area contributed by atoms with Gasteiger partial charge in [-0.3, -0.25) is 4.79 Å². The molecular weight excluding hydrogens is 368 g/mol. The van der Waals surface area contributed by atoms with Crippen LogP contribution in [0.4, 0.5) is 5.82 Å². The van der Waals surface area contributed by atoms with Gasteiger partial charge in [0.05, 0.1) is 18.0 Å². The number of hydrogen-bond acceptors (Lipinski definition) is 5. The van der Waals surface area contributed by atoms with Gasteiger partial charge in [0, 0.05) is 4.88 Å². The van der Waals surface area contributed by atoms with Crippen molar-refractivity contribution >= 4 is 33.3 Å². The maximum absolute atomic E-state index is 12.3. The minimum absolute atomic E-state index is 0.0493. The Morgan fingerprint density at radius 2 is 1.75 bits per heavy atom. The van der Waals surface area contributed by atoms with Gasteiger partial charge < -0.3 is 10.6 Å². The number of fused-ring (bicyclic) bond motifs is 1. The molecule has 0 fully saturated rings. The van der Waals surface area contributed by atoms with E-state index in [1.165, 1.54) is 6.33 Å². The molecule has 0 radical (unpaired) electrons. The Morgan fingerprint density at radius 3 is 2.50 bits per heavy atom. The normalized spacial score (nSPS) is 11.9. The van der Waals surface area contributed by atoms with Crippen molar-refractivity contribution in [1.29, 1.82) is 0 Å². The van der Waals surface area contributed by atoms with Gasteiger partial charge >= 0.3 is 0 Å². The molecular formula is C22H20N4OS. The highest BCUT2D eigenvalue weighted by atomic mass is 32.1. The first-order valence-corrected chi connectivity index (χ1v) is 9.90.